The van der Waals surface area contributed by atoms with Crippen LogP contribution in [0, 0.1) is 0 Å². The third-order valence-corrected chi connectivity index (χ3v) is 3.53. The molecule has 1 atom stereocenters. The average molecular weight is 327 g/mol. The van der Waals surface area contributed by atoms with E-state index in [4.69, 9.17) is 10.5 Å². The van der Waals surface area contributed by atoms with Crippen molar-refractivity contribution in [2.24, 2.45) is 5.73 Å². The maximum Gasteiger partial charge on any atom is 0.411 e. The highest BCUT2D eigenvalue weighted by Gasteiger charge is 2.35. The highest BCUT2D eigenvalue weighted by molar-refractivity contribution is 9.10. The number of ether oxygens (including phenoxy) is 1. The van der Waals surface area contributed by atoms with Crippen LogP contribution in [0.3, 0.4) is 0 Å². The van der Waals surface area contributed by atoms with E-state index in [1.165, 1.54) is 0 Å². The van der Waals surface area contributed by atoms with Crippen LogP contribution in [0.1, 0.15) is 37.9 Å². The predicted octanol–water partition coefficient (Wildman–Crippen LogP) is 3.20. The Kier molecular flexibility index (Phi) is 3.87. The number of rotatable bonds is 1. The highest BCUT2D eigenvalue weighted by atomic mass is 79.9. The second kappa shape index (κ2) is 5.13. The molecule has 1 aromatic carbocycles. The SMILES string of the molecule is CC(C)(C)OC(=O)N1Cc2cc(Br)ccc2C1CN. The number of hydrogen-bond acceptors (Lipinski definition) is 3. The summed E-state index contributed by atoms with van der Waals surface area (Å²) < 4.78 is 6.44. The van der Waals surface area contributed by atoms with Gasteiger partial charge in [-0.2, -0.15) is 0 Å². The number of nitrogens with zero attached hydrogens (tertiary/aromatic N) is 1. The maximum atomic E-state index is 12.2. The van der Waals surface area contributed by atoms with Gasteiger partial charge >= 0.3 is 6.09 Å². The van der Waals surface area contributed by atoms with Crippen LogP contribution in [0.2, 0.25) is 0 Å². The summed E-state index contributed by atoms with van der Waals surface area (Å²) in [4.78, 5) is 13.9. The Morgan fingerprint density at radius 3 is 2.79 bits per heavy atom. The first-order valence-corrected chi connectivity index (χ1v) is 7.09. The number of hydrogen-bond donors (Lipinski definition) is 1. The van der Waals surface area contributed by atoms with Gasteiger partial charge in [0.15, 0.2) is 0 Å². The van der Waals surface area contributed by atoms with Crippen LogP contribution in [-0.2, 0) is 11.3 Å². The summed E-state index contributed by atoms with van der Waals surface area (Å²) >= 11 is 3.45. The largest absolute Gasteiger partial charge is 0.444 e. The van der Waals surface area contributed by atoms with E-state index < -0.39 is 5.60 Å². The van der Waals surface area contributed by atoms with Crippen LogP contribution in [0.15, 0.2) is 22.7 Å². The minimum atomic E-state index is -0.494. The second-order valence-electron chi connectivity index (χ2n) is 5.70. The summed E-state index contributed by atoms with van der Waals surface area (Å²) in [5, 5.41) is 0. The Morgan fingerprint density at radius 2 is 2.21 bits per heavy atom. The van der Waals surface area contributed by atoms with Gasteiger partial charge in [0.2, 0.25) is 0 Å². The van der Waals surface area contributed by atoms with E-state index in [0.29, 0.717) is 13.1 Å². The van der Waals surface area contributed by atoms with E-state index in [9.17, 15) is 4.79 Å². The molecule has 5 heteroatoms. The molecule has 4 nitrogen and oxygen atoms in total. The lowest BCUT2D eigenvalue weighted by Gasteiger charge is -2.28. The molecule has 0 fully saturated rings. The number of fused-ring (bicyclic) bond motifs is 1. The first-order valence-electron chi connectivity index (χ1n) is 6.30. The first kappa shape index (κ1) is 14.3. The summed E-state index contributed by atoms with van der Waals surface area (Å²) in [7, 11) is 0. The average Bonchev–Trinajstić information content (AvgIpc) is 2.64. The van der Waals surface area contributed by atoms with Crippen LogP contribution >= 0.6 is 15.9 Å². The van der Waals surface area contributed by atoms with Crippen molar-refractivity contribution < 1.29 is 9.53 Å². The van der Waals surface area contributed by atoms with E-state index in [0.717, 1.165) is 15.6 Å². The standard InChI is InChI=1S/C14H19BrN2O2/c1-14(2,3)19-13(18)17-8-9-6-10(15)4-5-11(9)12(17)7-16/h4-6,12H,7-8,16H2,1-3H3. The molecule has 0 aromatic heterocycles. The molecule has 0 saturated carbocycles. The summed E-state index contributed by atoms with van der Waals surface area (Å²) in [5.41, 5.74) is 7.55. The molecule has 1 aliphatic rings. The zero-order valence-electron chi connectivity index (χ0n) is 11.4. The number of halogens is 1. The van der Waals surface area contributed by atoms with Gasteiger partial charge in [-0.15, -0.1) is 0 Å². The van der Waals surface area contributed by atoms with Crippen molar-refractivity contribution in [3.05, 3.63) is 33.8 Å². The van der Waals surface area contributed by atoms with Crippen molar-refractivity contribution >= 4 is 22.0 Å². The van der Waals surface area contributed by atoms with E-state index in [2.05, 4.69) is 15.9 Å². The molecule has 1 heterocycles. The van der Waals surface area contributed by atoms with Crippen molar-refractivity contribution in [3.8, 4) is 0 Å². The predicted molar refractivity (Wildman–Crippen MR) is 77.7 cm³/mol. The third-order valence-electron chi connectivity index (χ3n) is 3.03. The Balaban J connectivity index is 2.24. The summed E-state index contributed by atoms with van der Waals surface area (Å²) in [6, 6.07) is 5.92. The molecule has 0 radical (unpaired) electrons. The lowest BCUT2D eigenvalue weighted by atomic mass is 10.1. The molecular formula is C14H19BrN2O2. The topological polar surface area (TPSA) is 55.6 Å². The third kappa shape index (κ3) is 3.09. The summed E-state index contributed by atoms with van der Waals surface area (Å²) in [6.45, 7) is 6.53. The Hall–Kier alpha value is -1.07. The second-order valence-corrected chi connectivity index (χ2v) is 6.62. The highest BCUT2D eigenvalue weighted by Crippen LogP contribution is 2.35. The molecule has 1 unspecified atom stereocenters. The molecule has 1 aliphatic heterocycles. The van der Waals surface area contributed by atoms with Crippen LogP contribution in [0.5, 0.6) is 0 Å². The minimum Gasteiger partial charge on any atom is -0.444 e. The fraction of sp³-hybridized carbons (Fsp3) is 0.500. The molecule has 19 heavy (non-hydrogen) atoms. The normalized spacial score (nSPS) is 18.4. The van der Waals surface area contributed by atoms with Crippen molar-refractivity contribution in [1.82, 2.24) is 4.90 Å². The molecular weight excluding hydrogens is 308 g/mol. The van der Waals surface area contributed by atoms with Crippen LogP contribution in [-0.4, -0.2) is 23.1 Å². The molecule has 0 saturated heterocycles. The Labute approximate surface area is 122 Å². The van der Waals surface area contributed by atoms with E-state index in [1.54, 1.807) is 4.90 Å². The van der Waals surface area contributed by atoms with Crippen LogP contribution in [0.25, 0.3) is 0 Å². The van der Waals surface area contributed by atoms with Gasteiger partial charge < -0.3 is 10.5 Å². The number of carbonyl (C=O) groups excluding carboxylic acids is 1. The first-order chi connectivity index (χ1) is 8.81. The molecule has 2 rings (SSSR count). The van der Waals surface area contributed by atoms with Gasteiger partial charge in [-0.1, -0.05) is 22.0 Å². The molecule has 1 aromatic rings. The van der Waals surface area contributed by atoms with Crippen molar-refractivity contribution in [2.75, 3.05) is 6.54 Å². The van der Waals surface area contributed by atoms with Crippen molar-refractivity contribution in [3.63, 3.8) is 0 Å². The van der Waals surface area contributed by atoms with Gasteiger partial charge in [-0.05, 0) is 44.0 Å². The quantitative estimate of drug-likeness (QED) is 0.862. The number of benzene rings is 1. The van der Waals surface area contributed by atoms with Crippen molar-refractivity contribution in [2.45, 2.75) is 39.0 Å². The Bertz CT molecular complexity index is 497. The molecule has 104 valence electrons. The lowest BCUT2D eigenvalue weighted by Crippen LogP contribution is -2.38. The van der Waals surface area contributed by atoms with Gasteiger partial charge in [0.25, 0.3) is 0 Å². The monoisotopic (exact) mass is 326 g/mol. The maximum absolute atomic E-state index is 12.2. The van der Waals surface area contributed by atoms with Crippen LogP contribution < -0.4 is 5.73 Å². The molecule has 2 N–H and O–H groups in total. The number of nitrogens with two attached hydrogens (primary N) is 1. The smallest absolute Gasteiger partial charge is 0.411 e. The zero-order chi connectivity index (χ0) is 14.2. The van der Waals surface area contributed by atoms with Gasteiger partial charge in [0.05, 0.1) is 12.6 Å². The number of amides is 1. The minimum absolute atomic E-state index is 0.0991. The fourth-order valence-corrected chi connectivity index (χ4v) is 2.67. The molecule has 0 bridgehead atoms. The van der Waals surface area contributed by atoms with Crippen molar-refractivity contribution in [1.29, 1.82) is 0 Å². The number of carbonyl (C=O) groups is 1. The van der Waals surface area contributed by atoms with Gasteiger partial charge in [-0.25, -0.2) is 4.79 Å². The molecule has 0 aliphatic carbocycles. The molecule has 0 spiro atoms. The zero-order valence-corrected chi connectivity index (χ0v) is 13.0. The van der Waals surface area contributed by atoms with E-state index >= 15 is 0 Å². The summed E-state index contributed by atoms with van der Waals surface area (Å²) in [6.07, 6.45) is -0.310. The van der Waals surface area contributed by atoms with E-state index in [-0.39, 0.29) is 12.1 Å². The Morgan fingerprint density at radius 1 is 1.53 bits per heavy atom. The van der Waals surface area contributed by atoms with Gasteiger partial charge in [0.1, 0.15) is 5.60 Å². The van der Waals surface area contributed by atoms with Gasteiger partial charge in [0, 0.05) is 11.0 Å². The lowest BCUT2D eigenvalue weighted by molar-refractivity contribution is 0.0179. The fourth-order valence-electron chi connectivity index (χ4n) is 2.26. The van der Waals surface area contributed by atoms with Gasteiger partial charge in [-0.3, -0.25) is 4.90 Å². The molecule has 1 amide bonds. The summed E-state index contributed by atoms with van der Waals surface area (Å²) in [5.74, 6) is 0. The van der Waals surface area contributed by atoms with E-state index in [1.807, 2.05) is 39.0 Å². The van der Waals surface area contributed by atoms with Crippen LogP contribution in [0.4, 0.5) is 4.79 Å².